The molecule has 7 heteroatoms. The zero-order valence-corrected chi connectivity index (χ0v) is 12.5. The smallest absolute Gasteiger partial charge is 0.226 e. The minimum absolute atomic E-state index is 0.583. The van der Waals surface area contributed by atoms with E-state index in [2.05, 4.69) is 50.5 Å². The lowest BCUT2D eigenvalue weighted by atomic mass is 10.2. The Hall–Kier alpha value is -2.44. The van der Waals surface area contributed by atoms with Crippen LogP contribution in [0.5, 0.6) is 0 Å². The molecule has 0 radical (unpaired) electrons. The summed E-state index contributed by atoms with van der Waals surface area (Å²) in [5.41, 5.74) is 2.91. The Labute approximate surface area is 122 Å². The number of rotatable bonds is 5. The molecule has 0 saturated carbocycles. The average molecular weight is 285 g/mol. The van der Waals surface area contributed by atoms with E-state index in [9.17, 15) is 0 Å². The lowest BCUT2D eigenvalue weighted by Gasteiger charge is -2.08. The first kappa shape index (κ1) is 13.5. The van der Waals surface area contributed by atoms with E-state index in [1.807, 2.05) is 11.6 Å². The summed E-state index contributed by atoms with van der Waals surface area (Å²) in [6.07, 6.45) is 3.54. The largest absolute Gasteiger partial charge is 0.354 e. The van der Waals surface area contributed by atoms with Crippen LogP contribution in [0.1, 0.15) is 32.2 Å². The first-order valence-corrected chi connectivity index (χ1v) is 7.30. The molecule has 7 nitrogen and oxygen atoms in total. The first-order valence-electron chi connectivity index (χ1n) is 7.30. The van der Waals surface area contributed by atoms with Crippen molar-refractivity contribution in [2.24, 2.45) is 0 Å². The molecule has 3 rings (SSSR count). The fraction of sp³-hybridized carbons (Fsp3) is 0.429. The molecule has 3 aromatic rings. The maximum Gasteiger partial charge on any atom is 0.226 e. The van der Waals surface area contributed by atoms with E-state index >= 15 is 0 Å². The van der Waals surface area contributed by atoms with Gasteiger partial charge < -0.3 is 5.32 Å². The number of hydrogen-bond donors (Lipinski definition) is 2. The minimum atomic E-state index is 0.583. The van der Waals surface area contributed by atoms with Crippen LogP contribution >= 0.6 is 0 Å². The highest BCUT2D eigenvalue weighted by molar-refractivity contribution is 5.82. The summed E-state index contributed by atoms with van der Waals surface area (Å²) < 4.78 is 1.90. The number of aryl methyl sites for hydroxylation is 2. The van der Waals surface area contributed by atoms with Gasteiger partial charge in [-0.25, -0.2) is 4.68 Å². The molecule has 0 saturated heterocycles. The van der Waals surface area contributed by atoms with E-state index in [4.69, 9.17) is 0 Å². The SMILES string of the molecule is CCNc1nc(-n2nc(CC)cc2CC)c2cn[nH]c2n1. The standard InChI is InChI=1S/C14H19N7/c1-4-9-7-10(5-2)21(20-9)13-11-8-16-19-12(11)17-14(18-13)15-6-3/h7-8H,4-6H2,1-3H3,(H2,15,16,17,18,19). The molecule has 0 aliphatic heterocycles. The van der Waals surface area contributed by atoms with Crippen molar-refractivity contribution < 1.29 is 0 Å². The van der Waals surface area contributed by atoms with Gasteiger partial charge in [0.15, 0.2) is 11.5 Å². The molecule has 21 heavy (non-hydrogen) atoms. The number of aromatic amines is 1. The lowest BCUT2D eigenvalue weighted by molar-refractivity contribution is 0.776. The second-order valence-electron chi connectivity index (χ2n) is 4.78. The van der Waals surface area contributed by atoms with Crippen molar-refractivity contribution in [3.8, 4) is 5.82 Å². The first-order chi connectivity index (χ1) is 10.3. The van der Waals surface area contributed by atoms with Crippen molar-refractivity contribution in [2.75, 3.05) is 11.9 Å². The van der Waals surface area contributed by atoms with Crippen LogP contribution in [-0.2, 0) is 12.8 Å². The number of anilines is 1. The summed E-state index contributed by atoms with van der Waals surface area (Å²) in [4.78, 5) is 9.02. The summed E-state index contributed by atoms with van der Waals surface area (Å²) in [6.45, 7) is 7.00. The summed E-state index contributed by atoms with van der Waals surface area (Å²) in [5.74, 6) is 1.35. The minimum Gasteiger partial charge on any atom is -0.354 e. The van der Waals surface area contributed by atoms with E-state index in [0.29, 0.717) is 11.6 Å². The molecule has 0 bridgehead atoms. The van der Waals surface area contributed by atoms with Crippen LogP contribution in [-0.4, -0.2) is 36.5 Å². The van der Waals surface area contributed by atoms with Crippen molar-refractivity contribution in [1.29, 1.82) is 0 Å². The van der Waals surface area contributed by atoms with Crippen molar-refractivity contribution >= 4 is 17.0 Å². The summed E-state index contributed by atoms with van der Waals surface area (Å²) in [7, 11) is 0. The normalized spacial score (nSPS) is 11.2. The van der Waals surface area contributed by atoms with Crippen LogP contribution in [0.4, 0.5) is 5.95 Å². The molecule has 0 aromatic carbocycles. The number of H-pyrrole nitrogens is 1. The molecule has 0 atom stereocenters. The van der Waals surface area contributed by atoms with E-state index in [-0.39, 0.29) is 0 Å². The van der Waals surface area contributed by atoms with Gasteiger partial charge in [0, 0.05) is 12.2 Å². The molecule has 0 unspecified atom stereocenters. The Morgan fingerprint density at radius 1 is 1.19 bits per heavy atom. The quantitative estimate of drug-likeness (QED) is 0.750. The van der Waals surface area contributed by atoms with Crippen molar-refractivity contribution in [3.63, 3.8) is 0 Å². The van der Waals surface area contributed by atoms with E-state index in [1.165, 1.54) is 0 Å². The highest BCUT2D eigenvalue weighted by Gasteiger charge is 2.15. The Morgan fingerprint density at radius 2 is 2.05 bits per heavy atom. The zero-order chi connectivity index (χ0) is 14.8. The van der Waals surface area contributed by atoms with Gasteiger partial charge in [0.05, 0.1) is 17.3 Å². The average Bonchev–Trinajstić information content (AvgIpc) is 3.12. The molecule has 0 fully saturated rings. The van der Waals surface area contributed by atoms with Gasteiger partial charge in [-0.2, -0.15) is 20.2 Å². The molecule has 0 amide bonds. The molecule has 3 aromatic heterocycles. The maximum absolute atomic E-state index is 4.66. The number of fused-ring (bicyclic) bond motifs is 1. The highest BCUT2D eigenvalue weighted by atomic mass is 15.3. The number of nitrogens with zero attached hydrogens (tertiary/aromatic N) is 5. The Morgan fingerprint density at radius 3 is 2.76 bits per heavy atom. The predicted molar refractivity (Wildman–Crippen MR) is 81.7 cm³/mol. The molecular weight excluding hydrogens is 266 g/mol. The van der Waals surface area contributed by atoms with Gasteiger partial charge in [-0.1, -0.05) is 13.8 Å². The molecule has 3 heterocycles. The Balaban J connectivity index is 2.22. The van der Waals surface area contributed by atoms with E-state index in [1.54, 1.807) is 6.20 Å². The van der Waals surface area contributed by atoms with Crippen molar-refractivity contribution in [2.45, 2.75) is 33.6 Å². The third-order valence-corrected chi connectivity index (χ3v) is 3.38. The van der Waals surface area contributed by atoms with Gasteiger partial charge in [0.1, 0.15) is 0 Å². The van der Waals surface area contributed by atoms with Crippen LogP contribution < -0.4 is 5.32 Å². The molecule has 110 valence electrons. The summed E-state index contributed by atoms with van der Waals surface area (Å²) >= 11 is 0. The fourth-order valence-corrected chi connectivity index (χ4v) is 2.30. The Kier molecular flexibility index (Phi) is 3.55. The van der Waals surface area contributed by atoms with Gasteiger partial charge >= 0.3 is 0 Å². The van der Waals surface area contributed by atoms with Gasteiger partial charge in [0.25, 0.3) is 0 Å². The Bertz CT molecular complexity index is 756. The summed E-state index contributed by atoms with van der Waals surface area (Å²) in [6, 6.07) is 2.13. The van der Waals surface area contributed by atoms with Gasteiger partial charge in [-0.05, 0) is 25.8 Å². The van der Waals surface area contributed by atoms with Crippen LogP contribution in [0.25, 0.3) is 16.9 Å². The third kappa shape index (κ3) is 2.35. The van der Waals surface area contributed by atoms with Gasteiger partial charge in [-0.3, -0.25) is 5.10 Å². The fourth-order valence-electron chi connectivity index (χ4n) is 2.30. The molecular formula is C14H19N7. The number of nitrogens with one attached hydrogen (secondary N) is 2. The molecule has 0 aliphatic rings. The molecule has 0 spiro atoms. The zero-order valence-electron chi connectivity index (χ0n) is 12.5. The van der Waals surface area contributed by atoms with Gasteiger partial charge in [0.2, 0.25) is 5.95 Å². The second kappa shape index (κ2) is 5.51. The van der Waals surface area contributed by atoms with Crippen LogP contribution in [0.3, 0.4) is 0 Å². The van der Waals surface area contributed by atoms with Crippen LogP contribution in [0.2, 0.25) is 0 Å². The monoisotopic (exact) mass is 285 g/mol. The molecule has 0 aliphatic carbocycles. The number of hydrogen-bond acceptors (Lipinski definition) is 5. The topological polar surface area (TPSA) is 84.3 Å². The maximum atomic E-state index is 4.66. The van der Waals surface area contributed by atoms with Crippen molar-refractivity contribution in [1.82, 2.24) is 29.9 Å². The van der Waals surface area contributed by atoms with E-state index < -0.39 is 0 Å². The second-order valence-corrected chi connectivity index (χ2v) is 4.78. The molecule has 2 N–H and O–H groups in total. The lowest BCUT2D eigenvalue weighted by Crippen LogP contribution is -2.09. The van der Waals surface area contributed by atoms with E-state index in [0.717, 1.165) is 42.0 Å². The highest BCUT2D eigenvalue weighted by Crippen LogP contribution is 2.21. The van der Waals surface area contributed by atoms with Crippen molar-refractivity contribution in [3.05, 3.63) is 23.7 Å². The number of aromatic nitrogens is 6. The van der Waals surface area contributed by atoms with Gasteiger partial charge in [-0.15, -0.1) is 0 Å². The van der Waals surface area contributed by atoms with Crippen LogP contribution in [0.15, 0.2) is 12.3 Å². The third-order valence-electron chi connectivity index (χ3n) is 3.38. The summed E-state index contributed by atoms with van der Waals surface area (Å²) in [5, 5.41) is 15.7. The predicted octanol–water partition coefficient (Wildman–Crippen LogP) is 2.10. The van der Waals surface area contributed by atoms with Crippen LogP contribution in [0, 0.1) is 0 Å².